The number of carboxylic acid groups (broad SMARTS) is 1. The van der Waals surface area contributed by atoms with Crippen molar-refractivity contribution in [1.29, 1.82) is 0 Å². The maximum Gasteiger partial charge on any atom is 0.213 e. The van der Waals surface area contributed by atoms with Crippen LogP contribution in [0.15, 0.2) is 28.3 Å². The molecule has 7 heteroatoms. The van der Waals surface area contributed by atoms with Crippen LogP contribution in [0.4, 0.5) is 0 Å². The SMILES string of the molecule is COc1cc(/C=C(\Sc2n[nH]c(C)n2)C(=O)[O-])ccc1C. The molecule has 0 atom stereocenters. The van der Waals surface area contributed by atoms with Gasteiger partial charge in [0.05, 0.1) is 13.1 Å². The minimum atomic E-state index is -1.28. The van der Waals surface area contributed by atoms with Gasteiger partial charge in [-0.3, -0.25) is 5.10 Å². The van der Waals surface area contributed by atoms with Crippen molar-refractivity contribution in [2.45, 2.75) is 19.0 Å². The normalized spacial score (nSPS) is 11.5. The molecule has 0 aliphatic carbocycles. The molecule has 0 fully saturated rings. The van der Waals surface area contributed by atoms with Gasteiger partial charge in [-0.25, -0.2) is 4.98 Å². The number of aromatic nitrogens is 3. The van der Waals surface area contributed by atoms with E-state index in [-0.39, 0.29) is 4.91 Å². The summed E-state index contributed by atoms with van der Waals surface area (Å²) in [5, 5.41) is 18.1. The third kappa shape index (κ3) is 3.85. The summed E-state index contributed by atoms with van der Waals surface area (Å²) in [4.78, 5) is 15.3. The second-order valence-corrected chi connectivity index (χ2v) is 5.34. The summed E-state index contributed by atoms with van der Waals surface area (Å²) >= 11 is 0.935. The Hall–Kier alpha value is -2.28. The van der Waals surface area contributed by atoms with E-state index in [2.05, 4.69) is 15.2 Å². The lowest BCUT2D eigenvalue weighted by molar-refractivity contribution is -0.297. The number of carbonyl (C=O) groups excluding carboxylic acids is 1. The predicted octanol–water partition coefficient (Wildman–Crippen LogP) is 1.31. The van der Waals surface area contributed by atoms with E-state index in [1.54, 1.807) is 20.1 Å². The molecule has 1 aromatic heterocycles. The van der Waals surface area contributed by atoms with E-state index in [0.717, 1.165) is 17.3 Å². The number of thioether (sulfide) groups is 1. The van der Waals surface area contributed by atoms with E-state index >= 15 is 0 Å². The lowest BCUT2D eigenvalue weighted by Crippen LogP contribution is -2.23. The number of carbonyl (C=O) groups is 1. The Kier molecular flexibility index (Phi) is 4.64. The Morgan fingerprint density at radius 2 is 2.19 bits per heavy atom. The molecule has 0 spiro atoms. The third-order valence-electron chi connectivity index (χ3n) is 2.71. The van der Waals surface area contributed by atoms with E-state index in [1.807, 2.05) is 19.1 Å². The number of H-pyrrole nitrogens is 1. The topological polar surface area (TPSA) is 90.9 Å². The molecule has 0 bridgehead atoms. The van der Waals surface area contributed by atoms with Gasteiger partial charge in [0.1, 0.15) is 11.6 Å². The van der Waals surface area contributed by atoms with E-state index < -0.39 is 5.97 Å². The molecular formula is C14H14N3O3S-. The van der Waals surface area contributed by atoms with Crippen molar-refractivity contribution < 1.29 is 14.6 Å². The second-order valence-electron chi connectivity index (χ2n) is 4.33. The first kappa shape index (κ1) is 15.1. The predicted molar refractivity (Wildman–Crippen MR) is 77.7 cm³/mol. The quantitative estimate of drug-likeness (QED) is 0.661. The maximum absolute atomic E-state index is 11.2. The number of carboxylic acids is 1. The van der Waals surface area contributed by atoms with Gasteiger partial charge < -0.3 is 14.6 Å². The summed E-state index contributed by atoms with van der Waals surface area (Å²) in [6.45, 7) is 3.65. The van der Waals surface area contributed by atoms with Gasteiger partial charge >= 0.3 is 0 Å². The van der Waals surface area contributed by atoms with E-state index in [0.29, 0.717) is 22.3 Å². The lowest BCUT2D eigenvalue weighted by Gasteiger charge is -2.08. The van der Waals surface area contributed by atoms with E-state index in [1.165, 1.54) is 6.08 Å². The smallest absolute Gasteiger partial charge is 0.213 e. The van der Waals surface area contributed by atoms with E-state index in [4.69, 9.17) is 4.74 Å². The minimum absolute atomic E-state index is 0.0277. The molecule has 110 valence electrons. The van der Waals surface area contributed by atoms with Crippen LogP contribution in [0.25, 0.3) is 6.08 Å². The first-order valence-electron chi connectivity index (χ1n) is 6.14. The minimum Gasteiger partial charge on any atom is -0.544 e. The number of benzene rings is 1. The molecule has 0 radical (unpaired) electrons. The van der Waals surface area contributed by atoms with Gasteiger partial charge in [-0.1, -0.05) is 12.1 Å². The van der Waals surface area contributed by atoms with Gasteiger partial charge in [0, 0.05) is 4.91 Å². The second kappa shape index (κ2) is 6.45. The molecule has 2 rings (SSSR count). The molecule has 1 aromatic carbocycles. The number of ether oxygens (including phenoxy) is 1. The summed E-state index contributed by atoms with van der Waals surface area (Å²) in [5.41, 5.74) is 1.68. The number of hydrogen-bond acceptors (Lipinski definition) is 6. The maximum atomic E-state index is 11.2. The Balaban J connectivity index is 2.31. The van der Waals surface area contributed by atoms with Gasteiger partial charge in [0.15, 0.2) is 0 Å². The van der Waals surface area contributed by atoms with E-state index in [9.17, 15) is 9.90 Å². The Labute approximate surface area is 126 Å². The summed E-state index contributed by atoms with van der Waals surface area (Å²) in [5.74, 6) is 0.0365. The number of aliphatic carboxylic acids is 1. The van der Waals surface area contributed by atoms with Crippen molar-refractivity contribution in [2.24, 2.45) is 0 Å². The number of aromatic amines is 1. The van der Waals surface area contributed by atoms with Crippen molar-refractivity contribution in [1.82, 2.24) is 15.2 Å². The van der Waals surface area contributed by atoms with Gasteiger partial charge in [-0.05, 0) is 48.9 Å². The van der Waals surface area contributed by atoms with Crippen molar-refractivity contribution in [3.63, 3.8) is 0 Å². The van der Waals surface area contributed by atoms with Gasteiger partial charge in [-0.15, -0.1) is 5.10 Å². The fourth-order valence-electron chi connectivity index (χ4n) is 1.67. The average Bonchev–Trinajstić information content (AvgIpc) is 2.85. The average molecular weight is 304 g/mol. The van der Waals surface area contributed by atoms with Crippen LogP contribution < -0.4 is 9.84 Å². The zero-order valence-corrected chi connectivity index (χ0v) is 12.7. The fraction of sp³-hybridized carbons (Fsp3) is 0.214. The molecule has 21 heavy (non-hydrogen) atoms. The highest BCUT2D eigenvalue weighted by atomic mass is 32.2. The van der Waals surface area contributed by atoms with Crippen molar-refractivity contribution in [3.05, 3.63) is 40.1 Å². The Morgan fingerprint density at radius 3 is 2.76 bits per heavy atom. The van der Waals surface area contributed by atoms with Crippen molar-refractivity contribution in [3.8, 4) is 5.75 Å². The summed E-state index contributed by atoms with van der Waals surface area (Å²) in [6, 6.07) is 5.44. The molecule has 6 nitrogen and oxygen atoms in total. The molecular weight excluding hydrogens is 290 g/mol. The molecule has 0 aliphatic rings. The van der Waals surface area contributed by atoms with Gasteiger partial charge in [-0.2, -0.15) is 0 Å². The number of hydrogen-bond donors (Lipinski definition) is 1. The summed E-state index contributed by atoms with van der Waals surface area (Å²) < 4.78 is 5.22. The molecule has 0 aliphatic heterocycles. The molecule has 0 amide bonds. The standard InChI is InChI=1S/C14H15N3O3S/c1-8-4-5-10(6-11(8)20-3)7-12(13(18)19)21-14-15-9(2)16-17-14/h4-7H,1-3H3,(H,18,19)(H,15,16,17)/p-1/b12-7-. The summed E-state index contributed by atoms with van der Waals surface area (Å²) in [6.07, 6.45) is 1.51. The molecule has 1 heterocycles. The zero-order chi connectivity index (χ0) is 15.4. The molecule has 2 aromatic rings. The van der Waals surface area contributed by atoms with Crippen molar-refractivity contribution in [2.75, 3.05) is 7.11 Å². The van der Waals surface area contributed by atoms with Gasteiger partial charge in [0.2, 0.25) is 5.16 Å². The van der Waals surface area contributed by atoms with Crippen LogP contribution in [0.5, 0.6) is 5.75 Å². The zero-order valence-electron chi connectivity index (χ0n) is 11.8. The largest absolute Gasteiger partial charge is 0.544 e. The third-order valence-corrected chi connectivity index (χ3v) is 3.58. The number of aryl methyl sites for hydroxylation is 2. The lowest BCUT2D eigenvalue weighted by atomic mass is 10.1. The molecule has 1 N–H and O–H groups in total. The number of rotatable bonds is 5. The highest BCUT2D eigenvalue weighted by Crippen LogP contribution is 2.27. The van der Waals surface area contributed by atoms with Crippen LogP contribution in [-0.2, 0) is 4.79 Å². The molecule has 0 unspecified atom stereocenters. The Morgan fingerprint density at radius 1 is 1.43 bits per heavy atom. The Bertz CT molecular complexity index is 695. The monoisotopic (exact) mass is 304 g/mol. The van der Waals surface area contributed by atoms with Crippen LogP contribution in [0.2, 0.25) is 0 Å². The van der Waals surface area contributed by atoms with Crippen LogP contribution >= 0.6 is 11.8 Å². The van der Waals surface area contributed by atoms with Gasteiger partial charge in [0.25, 0.3) is 0 Å². The first-order valence-corrected chi connectivity index (χ1v) is 6.96. The molecule has 0 saturated carbocycles. The van der Waals surface area contributed by atoms with Crippen molar-refractivity contribution >= 4 is 23.8 Å². The van der Waals surface area contributed by atoms with Crippen LogP contribution in [0, 0.1) is 13.8 Å². The number of methoxy groups -OCH3 is 1. The number of nitrogens with zero attached hydrogens (tertiary/aromatic N) is 2. The molecule has 0 saturated heterocycles. The highest BCUT2D eigenvalue weighted by molar-refractivity contribution is 8.04. The fourth-order valence-corrected chi connectivity index (χ4v) is 2.42. The van der Waals surface area contributed by atoms with Crippen LogP contribution in [-0.4, -0.2) is 28.3 Å². The summed E-state index contributed by atoms with van der Waals surface area (Å²) in [7, 11) is 1.57. The first-order chi connectivity index (χ1) is 9.99. The van der Waals surface area contributed by atoms with Crippen LogP contribution in [0.3, 0.4) is 0 Å². The van der Waals surface area contributed by atoms with Crippen LogP contribution in [0.1, 0.15) is 17.0 Å². The number of nitrogens with one attached hydrogen (secondary N) is 1. The highest BCUT2D eigenvalue weighted by Gasteiger charge is 2.08.